The summed E-state index contributed by atoms with van der Waals surface area (Å²) in [5.41, 5.74) is 1.42. The first-order chi connectivity index (χ1) is 9.83. The van der Waals surface area contributed by atoms with Gasteiger partial charge < -0.3 is 10.6 Å². The Bertz CT molecular complexity index is 440. The minimum Gasteiger partial charge on any atom is -0.351 e. The Labute approximate surface area is 125 Å². The second-order valence-corrected chi connectivity index (χ2v) is 7.16. The topological polar surface area (TPSA) is 41.1 Å². The lowest BCUT2D eigenvalue weighted by atomic mass is 9.96. The molecule has 0 radical (unpaired) electrons. The van der Waals surface area contributed by atoms with E-state index in [1.165, 1.54) is 42.5 Å². The molecule has 1 aromatic heterocycles. The molecule has 1 fully saturated rings. The summed E-state index contributed by atoms with van der Waals surface area (Å²) < 4.78 is 0. The Balaban J connectivity index is 1.47. The highest BCUT2D eigenvalue weighted by Gasteiger charge is 2.18. The molecule has 3 nitrogen and oxygen atoms in total. The van der Waals surface area contributed by atoms with E-state index < -0.39 is 0 Å². The molecule has 110 valence electrons. The van der Waals surface area contributed by atoms with E-state index in [-0.39, 0.29) is 5.91 Å². The van der Waals surface area contributed by atoms with Gasteiger partial charge in [-0.1, -0.05) is 0 Å². The molecule has 1 saturated heterocycles. The predicted molar refractivity (Wildman–Crippen MR) is 83.5 cm³/mol. The number of fused-ring (bicyclic) bond motifs is 1. The molecule has 1 aromatic rings. The van der Waals surface area contributed by atoms with Crippen molar-refractivity contribution in [3.05, 3.63) is 21.4 Å². The molecule has 1 aliphatic heterocycles. The molecule has 2 N–H and O–H groups in total. The van der Waals surface area contributed by atoms with Crippen molar-refractivity contribution in [3.8, 4) is 0 Å². The smallest absolute Gasteiger partial charge is 0.261 e. The Hall–Kier alpha value is -0.870. The van der Waals surface area contributed by atoms with E-state index in [0.717, 1.165) is 43.3 Å². The summed E-state index contributed by atoms with van der Waals surface area (Å²) in [7, 11) is 0. The second kappa shape index (κ2) is 6.72. The van der Waals surface area contributed by atoms with Crippen molar-refractivity contribution >= 4 is 17.2 Å². The molecule has 0 bridgehead atoms. The predicted octanol–water partition coefficient (Wildman–Crippen LogP) is 2.75. The fourth-order valence-electron chi connectivity index (χ4n) is 3.25. The maximum Gasteiger partial charge on any atom is 0.261 e. The van der Waals surface area contributed by atoms with Crippen LogP contribution in [0, 0.1) is 5.92 Å². The highest BCUT2D eigenvalue weighted by molar-refractivity contribution is 7.14. The molecule has 0 saturated carbocycles. The number of hydrogen-bond donors (Lipinski definition) is 2. The van der Waals surface area contributed by atoms with Gasteiger partial charge in [0.15, 0.2) is 0 Å². The Morgan fingerprint density at radius 1 is 1.35 bits per heavy atom. The summed E-state index contributed by atoms with van der Waals surface area (Å²) in [5.74, 6) is 0.869. The summed E-state index contributed by atoms with van der Waals surface area (Å²) in [5, 5.41) is 6.53. The third kappa shape index (κ3) is 3.41. The lowest BCUT2D eigenvalue weighted by molar-refractivity contribution is 0.0954. The number of carbonyl (C=O) groups is 1. The molecule has 1 unspecified atom stereocenters. The zero-order valence-electron chi connectivity index (χ0n) is 12.0. The molecule has 1 atom stereocenters. The van der Waals surface area contributed by atoms with Crippen molar-refractivity contribution in [2.45, 2.75) is 44.9 Å². The third-order valence-corrected chi connectivity index (χ3v) is 5.69. The molecule has 2 heterocycles. The van der Waals surface area contributed by atoms with Crippen LogP contribution >= 0.6 is 11.3 Å². The van der Waals surface area contributed by atoms with E-state index in [1.807, 2.05) is 0 Å². The Morgan fingerprint density at radius 2 is 2.25 bits per heavy atom. The van der Waals surface area contributed by atoms with E-state index in [0.29, 0.717) is 0 Å². The van der Waals surface area contributed by atoms with Crippen LogP contribution in [0.1, 0.15) is 52.2 Å². The average molecular weight is 292 g/mol. The summed E-state index contributed by atoms with van der Waals surface area (Å²) in [4.78, 5) is 14.5. The van der Waals surface area contributed by atoms with Crippen LogP contribution in [-0.2, 0) is 12.8 Å². The maximum absolute atomic E-state index is 12.2. The van der Waals surface area contributed by atoms with Crippen LogP contribution in [0.15, 0.2) is 6.07 Å². The molecule has 4 heteroatoms. The van der Waals surface area contributed by atoms with Crippen LogP contribution in [0.4, 0.5) is 0 Å². The first kappa shape index (κ1) is 14.1. The first-order valence-electron chi connectivity index (χ1n) is 7.93. The van der Waals surface area contributed by atoms with Gasteiger partial charge >= 0.3 is 0 Å². The highest BCUT2D eigenvalue weighted by Crippen LogP contribution is 2.29. The molecule has 20 heavy (non-hydrogen) atoms. The van der Waals surface area contributed by atoms with Gasteiger partial charge in [-0.25, -0.2) is 0 Å². The van der Waals surface area contributed by atoms with Gasteiger partial charge in [-0.15, -0.1) is 11.3 Å². The van der Waals surface area contributed by atoms with Gasteiger partial charge in [0, 0.05) is 11.4 Å². The zero-order valence-corrected chi connectivity index (χ0v) is 12.9. The van der Waals surface area contributed by atoms with Crippen molar-refractivity contribution in [3.63, 3.8) is 0 Å². The van der Waals surface area contributed by atoms with E-state index in [4.69, 9.17) is 0 Å². The van der Waals surface area contributed by atoms with Crippen LogP contribution in [0.2, 0.25) is 0 Å². The normalized spacial score (nSPS) is 22.3. The fraction of sp³-hybridized carbons (Fsp3) is 0.688. The number of hydrogen-bond acceptors (Lipinski definition) is 3. The minimum absolute atomic E-state index is 0.133. The van der Waals surface area contributed by atoms with Crippen LogP contribution in [0.5, 0.6) is 0 Å². The molecular formula is C16H24N2OS. The van der Waals surface area contributed by atoms with Gasteiger partial charge in [0.1, 0.15) is 0 Å². The lowest BCUT2D eigenvalue weighted by Crippen LogP contribution is -2.33. The molecule has 2 aliphatic rings. The van der Waals surface area contributed by atoms with Crippen LogP contribution in [-0.4, -0.2) is 25.5 Å². The van der Waals surface area contributed by atoms with Crippen molar-refractivity contribution in [2.24, 2.45) is 5.92 Å². The molecule has 0 spiro atoms. The van der Waals surface area contributed by atoms with Gasteiger partial charge in [-0.2, -0.15) is 0 Å². The number of thiophene rings is 1. The second-order valence-electron chi connectivity index (χ2n) is 6.02. The van der Waals surface area contributed by atoms with Crippen molar-refractivity contribution in [2.75, 3.05) is 19.6 Å². The maximum atomic E-state index is 12.2. The van der Waals surface area contributed by atoms with Crippen molar-refractivity contribution in [1.29, 1.82) is 0 Å². The lowest BCUT2D eigenvalue weighted by Gasteiger charge is -2.22. The average Bonchev–Trinajstić information content (AvgIpc) is 2.92. The third-order valence-electron chi connectivity index (χ3n) is 4.46. The van der Waals surface area contributed by atoms with Crippen LogP contribution < -0.4 is 10.6 Å². The number of aryl methyl sites for hydroxylation is 2. The quantitative estimate of drug-likeness (QED) is 0.896. The fourth-order valence-corrected chi connectivity index (χ4v) is 4.42. The largest absolute Gasteiger partial charge is 0.351 e. The summed E-state index contributed by atoms with van der Waals surface area (Å²) in [6, 6.07) is 2.12. The van der Waals surface area contributed by atoms with Gasteiger partial charge in [-0.05, 0) is 75.6 Å². The Kier molecular flexibility index (Phi) is 4.73. The first-order valence-corrected chi connectivity index (χ1v) is 8.75. The molecule has 1 amide bonds. The number of carbonyl (C=O) groups excluding carboxylic acids is 1. The Morgan fingerprint density at radius 3 is 3.05 bits per heavy atom. The number of nitrogens with one attached hydrogen (secondary N) is 2. The molecule has 0 aromatic carbocycles. The van der Waals surface area contributed by atoms with Gasteiger partial charge in [0.2, 0.25) is 0 Å². The van der Waals surface area contributed by atoms with Crippen molar-refractivity contribution in [1.82, 2.24) is 10.6 Å². The zero-order chi connectivity index (χ0) is 13.8. The summed E-state index contributed by atoms with van der Waals surface area (Å²) >= 11 is 1.71. The molecular weight excluding hydrogens is 268 g/mol. The van der Waals surface area contributed by atoms with E-state index in [9.17, 15) is 4.79 Å². The van der Waals surface area contributed by atoms with E-state index >= 15 is 0 Å². The number of piperidine rings is 1. The minimum atomic E-state index is 0.133. The van der Waals surface area contributed by atoms with Gasteiger partial charge in [0.25, 0.3) is 5.91 Å². The monoisotopic (exact) mass is 292 g/mol. The SMILES string of the molecule is O=C(NCCC1CCCNC1)c1cc2c(s1)CCCC2. The van der Waals surface area contributed by atoms with Gasteiger partial charge in [-0.3, -0.25) is 4.79 Å². The summed E-state index contributed by atoms with van der Waals surface area (Å²) in [6.45, 7) is 3.08. The standard InChI is InChI=1S/C16H24N2OS/c19-16(18-9-7-12-4-3-8-17-11-12)15-10-13-5-1-2-6-14(13)20-15/h10,12,17H,1-9,11H2,(H,18,19). The van der Waals surface area contributed by atoms with E-state index in [1.54, 1.807) is 11.3 Å². The van der Waals surface area contributed by atoms with Crippen LogP contribution in [0.25, 0.3) is 0 Å². The van der Waals surface area contributed by atoms with Gasteiger partial charge in [0.05, 0.1) is 4.88 Å². The highest BCUT2D eigenvalue weighted by atomic mass is 32.1. The molecule has 3 rings (SSSR count). The number of amides is 1. The number of rotatable bonds is 4. The molecule has 1 aliphatic carbocycles. The van der Waals surface area contributed by atoms with Crippen LogP contribution in [0.3, 0.4) is 0 Å². The van der Waals surface area contributed by atoms with Crippen molar-refractivity contribution < 1.29 is 4.79 Å². The van der Waals surface area contributed by atoms with E-state index in [2.05, 4.69) is 16.7 Å². The summed E-state index contributed by atoms with van der Waals surface area (Å²) in [6.07, 6.45) is 8.56.